The van der Waals surface area contributed by atoms with Gasteiger partial charge in [0, 0.05) is 0 Å². The number of allylic oxidation sites excluding steroid dienone is 4. The van der Waals surface area contributed by atoms with Crippen LogP contribution in [0.4, 0.5) is 0 Å². The van der Waals surface area contributed by atoms with Crippen LogP contribution >= 0.6 is 0 Å². The molecule has 0 aliphatic heterocycles. The van der Waals surface area contributed by atoms with E-state index in [0.29, 0.717) is 17.8 Å². The van der Waals surface area contributed by atoms with E-state index in [2.05, 4.69) is 39.8 Å². The number of hydrogen-bond acceptors (Lipinski definition) is 2. The minimum Gasteiger partial charge on any atom is -0.469 e. The average molecular weight is 316 g/mol. The highest BCUT2D eigenvalue weighted by molar-refractivity contribution is 5.77. The number of rotatable bonds is 2. The van der Waals surface area contributed by atoms with E-state index >= 15 is 0 Å². The Morgan fingerprint density at radius 3 is 2.70 bits per heavy atom. The summed E-state index contributed by atoms with van der Waals surface area (Å²) in [4.78, 5) is 12.5. The monoisotopic (exact) mass is 316 g/mol. The van der Waals surface area contributed by atoms with Crippen LogP contribution in [0.15, 0.2) is 23.3 Å². The lowest BCUT2D eigenvalue weighted by Gasteiger charge is -2.58. The fraction of sp³-hybridized carbons (Fsp3) is 0.762. The van der Waals surface area contributed by atoms with Crippen LogP contribution in [0, 0.1) is 28.6 Å². The van der Waals surface area contributed by atoms with E-state index in [0.717, 1.165) is 32.1 Å². The summed E-state index contributed by atoms with van der Waals surface area (Å²) in [5, 5.41) is 0. The molecule has 0 saturated heterocycles. The maximum absolute atomic E-state index is 12.5. The Hall–Kier alpha value is -1.05. The number of carbonyl (C=O) groups excluding carboxylic acids is 1. The molecular weight excluding hydrogens is 284 g/mol. The SMILES string of the molecule is COC(=O)C1(C)CCCC2(C)C3CC=C(C(C)C)C=C3CCC12. The maximum Gasteiger partial charge on any atom is 0.311 e. The third-order valence-electron chi connectivity index (χ3n) is 7.20. The number of carbonyl (C=O) groups is 1. The summed E-state index contributed by atoms with van der Waals surface area (Å²) in [6, 6.07) is 0. The number of fused-ring (bicyclic) bond motifs is 3. The zero-order valence-electron chi connectivity index (χ0n) is 15.4. The third-order valence-corrected chi connectivity index (χ3v) is 7.20. The van der Waals surface area contributed by atoms with E-state index in [-0.39, 0.29) is 16.8 Å². The molecule has 2 saturated carbocycles. The molecule has 2 fully saturated rings. The summed E-state index contributed by atoms with van der Waals surface area (Å²) >= 11 is 0. The summed E-state index contributed by atoms with van der Waals surface area (Å²) in [6.07, 6.45) is 11.8. The summed E-state index contributed by atoms with van der Waals surface area (Å²) in [5.41, 5.74) is 3.09. The first-order valence-electron chi connectivity index (χ1n) is 9.32. The average Bonchev–Trinajstić information content (AvgIpc) is 2.53. The molecule has 4 unspecified atom stereocenters. The zero-order valence-corrected chi connectivity index (χ0v) is 15.4. The molecule has 0 aromatic heterocycles. The first kappa shape index (κ1) is 16.8. The van der Waals surface area contributed by atoms with Crippen LogP contribution in [0.1, 0.15) is 66.2 Å². The van der Waals surface area contributed by atoms with Gasteiger partial charge in [0.25, 0.3) is 0 Å². The van der Waals surface area contributed by atoms with E-state index in [9.17, 15) is 4.79 Å². The van der Waals surface area contributed by atoms with Gasteiger partial charge < -0.3 is 4.74 Å². The second-order valence-electron chi connectivity index (χ2n) is 8.73. The lowest BCUT2D eigenvalue weighted by atomic mass is 9.46. The van der Waals surface area contributed by atoms with Crippen molar-refractivity contribution in [2.24, 2.45) is 28.6 Å². The zero-order chi connectivity index (χ0) is 16.8. The highest BCUT2D eigenvalue weighted by Crippen LogP contribution is 2.63. The van der Waals surface area contributed by atoms with Gasteiger partial charge in [0.2, 0.25) is 0 Å². The summed E-state index contributed by atoms with van der Waals surface area (Å²) < 4.78 is 5.21. The van der Waals surface area contributed by atoms with Crippen LogP contribution in [-0.4, -0.2) is 13.1 Å². The van der Waals surface area contributed by atoms with Gasteiger partial charge >= 0.3 is 5.97 Å². The molecule has 3 aliphatic rings. The Kier molecular flexibility index (Phi) is 4.23. The van der Waals surface area contributed by atoms with E-state index < -0.39 is 0 Å². The minimum absolute atomic E-state index is 0.00933. The lowest BCUT2D eigenvalue weighted by Crippen LogP contribution is -2.53. The molecule has 0 radical (unpaired) electrons. The van der Waals surface area contributed by atoms with Crippen molar-refractivity contribution in [3.05, 3.63) is 23.3 Å². The second-order valence-corrected chi connectivity index (χ2v) is 8.73. The molecule has 2 nitrogen and oxygen atoms in total. The van der Waals surface area contributed by atoms with Crippen molar-refractivity contribution in [1.29, 1.82) is 0 Å². The Morgan fingerprint density at radius 1 is 1.30 bits per heavy atom. The standard InChI is InChI=1S/C21H32O2/c1-14(2)15-7-9-17-16(13-15)8-10-18-20(17,3)11-6-12-21(18,4)19(22)23-5/h7,13-14,17-18H,6,8-12H2,1-5H3. The molecule has 128 valence electrons. The minimum atomic E-state index is -0.296. The lowest BCUT2D eigenvalue weighted by molar-refractivity contribution is -0.167. The van der Waals surface area contributed by atoms with Crippen LogP contribution in [-0.2, 0) is 9.53 Å². The van der Waals surface area contributed by atoms with Gasteiger partial charge in [-0.1, -0.05) is 44.9 Å². The van der Waals surface area contributed by atoms with E-state index in [1.807, 2.05) is 0 Å². The van der Waals surface area contributed by atoms with E-state index in [1.54, 1.807) is 12.7 Å². The first-order valence-corrected chi connectivity index (χ1v) is 9.32. The van der Waals surface area contributed by atoms with Gasteiger partial charge in [-0.3, -0.25) is 4.79 Å². The molecule has 4 atom stereocenters. The summed E-state index contributed by atoms with van der Waals surface area (Å²) in [5.74, 6) is 1.69. The van der Waals surface area contributed by atoms with E-state index in [1.165, 1.54) is 12.0 Å². The molecule has 0 N–H and O–H groups in total. The Bertz CT molecular complexity index is 556. The topological polar surface area (TPSA) is 26.3 Å². The molecule has 0 spiro atoms. The highest BCUT2D eigenvalue weighted by atomic mass is 16.5. The Labute approximate surface area is 141 Å². The van der Waals surface area contributed by atoms with Gasteiger partial charge in [-0.15, -0.1) is 0 Å². The number of methoxy groups -OCH3 is 1. The van der Waals surface area contributed by atoms with Crippen molar-refractivity contribution >= 4 is 5.97 Å². The molecule has 0 aromatic carbocycles. The van der Waals surface area contributed by atoms with Crippen molar-refractivity contribution in [3.63, 3.8) is 0 Å². The van der Waals surface area contributed by atoms with Gasteiger partial charge in [0.1, 0.15) is 0 Å². The summed E-state index contributed by atoms with van der Waals surface area (Å²) in [6.45, 7) is 9.18. The molecule has 2 heteroatoms. The third kappa shape index (κ3) is 2.49. The first-order chi connectivity index (χ1) is 10.8. The van der Waals surface area contributed by atoms with Gasteiger partial charge in [-0.25, -0.2) is 0 Å². The molecular formula is C21H32O2. The Balaban J connectivity index is 1.94. The smallest absolute Gasteiger partial charge is 0.311 e. The molecule has 0 amide bonds. The number of esters is 1. The van der Waals surface area contributed by atoms with Crippen LogP contribution in [0.25, 0.3) is 0 Å². The fourth-order valence-electron chi connectivity index (χ4n) is 5.89. The molecule has 3 aliphatic carbocycles. The van der Waals surface area contributed by atoms with Gasteiger partial charge in [0.15, 0.2) is 0 Å². The van der Waals surface area contributed by atoms with Gasteiger partial charge in [-0.05, 0) is 67.8 Å². The van der Waals surface area contributed by atoms with Crippen LogP contribution in [0.5, 0.6) is 0 Å². The van der Waals surface area contributed by atoms with Crippen molar-refractivity contribution < 1.29 is 9.53 Å². The van der Waals surface area contributed by atoms with Crippen molar-refractivity contribution in [1.82, 2.24) is 0 Å². The molecule has 0 aromatic rings. The van der Waals surface area contributed by atoms with Gasteiger partial charge in [0.05, 0.1) is 12.5 Å². The van der Waals surface area contributed by atoms with Crippen molar-refractivity contribution in [2.75, 3.05) is 7.11 Å². The maximum atomic E-state index is 12.5. The van der Waals surface area contributed by atoms with Crippen LogP contribution < -0.4 is 0 Å². The van der Waals surface area contributed by atoms with Crippen LogP contribution in [0.3, 0.4) is 0 Å². The molecule has 23 heavy (non-hydrogen) atoms. The predicted octanol–water partition coefficient (Wildman–Crippen LogP) is 5.29. The highest BCUT2D eigenvalue weighted by Gasteiger charge is 2.58. The van der Waals surface area contributed by atoms with Crippen LogP contribution in [0.2, 0.25) is 0 Å². The largest absolute Gasteiger partial charge is 0.469 e. The fourth-order valence-corrected chi connectivity index (χ4v) is 5.89. The predicted molar refractivity (Wildman–Crippen MR) is 93.9 cm³/mol. The van der Waals surface area contributed by atoms with Gasteiger partial charge in [-0.2, -0.15) is 0 Å². The van der Waals surface area contributed by atoms with Crippen molar-refractivity contribution in [3.8, 4) is 0 Å². The molecule has 0 heterocycles. The molecule has 3 rings (SSSR count). The number of ether oxygens (including phenoxy) is 1. The van der Waals surface area contributed by atoms with Crippen molar-refractivity contribution in [2.45, 2.75) is 66.2 Å². The second kappa shape index (κ2) is 5.79. The number of hydrogen-bond donors (Lipinski definition) is 0. The summed E-state index contributed by atoms with van der Waals surface area (Å²) in [7, 11) is 1.55. The normalized spacial score (nSPS) is 39.9. The molecule has 0 bridgehead atoms. The Morgan fingerprint density at radius 2 is 2.04 bits per heavy atom. The van der Waals surface area contributed by atoms with E-state index in [4.69, 9.17) is 4.74 Å². The quantitative estimate of drug-likeness (QED) is 0.647.